The van der Waals surface area contributed by atoms with Crippen LogP contribution >= 0.6 is 34.8 Å². The number of benzene rings is 2. The first-order valence-corrected chi connectivity index (χ1v) is 6.42. The third kappa shape index (κ3) is 3.44. The standard InChI is InChI=1S/C13H9Cl3FNO/c14-8-1-2-12(17)7(3-8)6-19-13-10(15)4-9(18)5-11(13)16/h1-5H,6,18H2. The van der Waals surface area contributed by atoms with Crippen LogP contribution in [0.1, 0.15) is 5.56 Å². The van der Waals surface area contributed by atoms with Crippen molar-refractivity contribution in [1.82, 2.24) is 0 Å². The molecule has 0 aromatic heterocycles. The highest BCUT2D eigenvalue weighted by atomic mass is 35.5. The summed E-state index contributed by atoms with van der Waals surface area (Å²) in [5, 5.41) is 0.967. The van der Waals surface area contributed by atoms with Crippen LogP contribution in [0.3, 0.4) is 0 Å². The van der Waals surface area contributed by atoms with Crippen LogP contribution in [0, 0.1) is 5.82 Å². The van der Waals surface area contributed by atoms with Gasteiger partial charge in [0.15, 0.2) is 5.75 Å². The molecule has 2 rings (SSSR count). The highest BCUT2D eigenvalue weighted by Crippen LogP contribution is 2.35. The molecule has 0 heterocycles. The molecule has 0 saturated carbocycles. The maximum atomic E-state index is 13.5. The van der Waals surface area contributed by atoms with Crippen LogP contribution in [-0.4, -0.2) is 0 Å². The van der Waals surface area contributed by atoms with E-state index in [0.717, 1.165) is 0 Å². The zero-order chi connectivity index (χ0) is 14.0. The monoisotopic (exact) mass is 319 g/mol. The SMILES string of the molecule is Nc1cc(Cl)c(OCc2cc(Cl)ccc2F)c(Cl)c1. The fraction of sp³-hybridized carbons (Fsp3) is 0.0769. The van der Waals surface area contributed by atoms with E-state index in [1.165, 1.54) is 30.3 Å². The molecule has 0 amide bonds. The number of rotatable bonds is 3. The molecule has 0 bridgehead atoms. The lowest BCUT2D eigenvalue weighted by molar-refractivity contribution is 0.300. The zero-order valence-electron chi connectivity index (χ0n) is 9.59. The van der Waals surface area contributed by atoms with Crippen molar-refractivity contribution in [2.24, 2.45) is 0 Å². The Morgan fingerprint density at radius 2 is 1.68 bits per heavy atom. The third-order valence-electron chi connectivity index (χ3n) is 2.40. The molecule has 100 valence electrons. The second-order valence-corrected chi connectivity index (χ2v) is 5.09. The largest absolute Gasteiger partial charge is 0.486 e. The molecule has 2 nitrogen and oxygen atoms in total. The summed E-state index contributed by atoms with van der Waals surface area (Å²) in [6.07, 6.45) is 0. The van der Waals surface area contributed by atoms with Crippen molar-refractivity contribution >= 4 is 40.5 Å². The predicted molar refractivity (Wildman–Crippen MR) is 76.6 cm³/mol. The molecule has 6 heteroatoms. The summed E-state index contributed by atoms with van der Waals surface area (Å²) >= 11 is 17.7. The smallest absolute Gasteiger partial charge is 0.157 e. The van der Waals surface area contributed by atoms with Gasteiger partial charge in [-0.15, -0.1) is 0 Å². The van der Waals surface area contributed by atoms with Crippen LogP contribution < -0.4 is 10.5 Å². The van der Waals surface area contributed by atoms with E-state index in [1.807, 2.05) is 0 Å². The van der Waals surface area contributed by atoms with Crippen LogP contribution in [0.2, 0.25) is 15.1 Å². The summed E-state index contributed by atoms with van der Waals surface area (Å²) in [4.78, 5) is 0. The van der Waals surface area contributed by atoms with Gasteiger partial charge in [-0.3, -0.25) is 0 Å². The number of hydrogen-bond donors (Lipinski definition) is 1. The van der Waals surface area contributed by atoms with E-state index >= 15 is 0 Å². The van der Waals surface area contributed by atoms with Gasteiger partial charge < -0.3 is 10.5 Å². The Labute approximate surface area is 124 Å². The van der Waals surface area contributed by atoms with Gasteiger partial charge in [0.2, 0.25) is 0 Å². The third-order valence-corrected chi connectivity index (χ3v) is 3.20. The van der Waals surface area contributed by atoms with Gasteiger partial charge in [-0.25, -0.2) is 4.39 Å². The Kier molecular flexibility index (Phi) is 4.40. The van der Waals surface area contributed by atoms with Crippen LogP contribution in [0.25, 0.3) is 0 Å². The maximum Gasteiger partial charge on any atom is 0.157 e. The fourth-order valence-electron chi connectivity index (χ4n) is 1.52. The van der Waals surface area contributed by atoms with Crippen LogP contribution in [0.5, 0.6) is 5.75 Å². The van der Waals surface area contributed by atoms with Crippen molar-refractivity contribution in [2.45, 2.75) is 6.61 Å². The maximum absolute atomic E-state index is 13.5. The molecule has 0 saturated heterocycles. The highest BCUT2D eigenvalue weighted by Gasteiger charge is 2.11. The van der Waals surface area contributed by atoms with E-state index in [9.17, 15) is 4.39 Å². The quantitative estimate of drug-likeness (QED) is 0.812. The molecule has 0 unspecified atom stereocenters. The summed E-state index contributed by atoms with van der Waals surface area (Å²) < 4.78 is 18.9. The van der Waals surface area contributed by atoms with Crippen molar-refractivity contribution in [3.05, 3.63) is 56.8 Å². The van der Waals surface area contributed by atoms with Gasteiger partial charge in [0.1, 0.15) is 12.4 Å². The first-order chi connectivity index (χ1) is 8.97. The Bertz CT molecular complexity index is 596. The number of halogens is 4. The normalized spacial score (nSPS) is 10.5. The Morgan fingerprint density at radius 3 is 2.32 bits per heavy atom. The number of hydrogen-bond acceptors (Lipinski definition) is 2. The second kappa shape index (κ2) is 5.87. The van der Waals surface area contributed by atoms with Crippen molar-refractivity contribution < 1.29 is 9.13 Å². The summed E-state index contributed by atoms with van der Waals surface area (Å²) in [6, 6.07) is 7.24. The Hall–Kier alpha value is -1.16. The van der Waals surface area contributed by atoms with Crippen molar-refractivity contribution in [2.75, 3.05) is 5.73 Å². The zero-order valence-corrected chi connectivity index (χ0v) is 11.9. The molecule has 19 heavy (non-hydrogen) atoms. The molecule has 0 aliphatic heterocycles. The van der Waals surface area contributed by atoms with Gasteiger partial charge in [-0.1, -0.05) is 34.8 Å². The molecule has 2 aromatic rings. The van der Waals surface area contributed by atoms with E-state index in [4.69, 9.17) is 45.3 Å². The second-order valence-electron chi connectivity index (χ2n) is 3.84. The minimum absolute atomic E-state index is 0.0320. The molecule has 0 spiro atoms. The van der Waals surface area contributed by atoms with E-state index in [2.05, 4.69) is 0 Å². The van der Waals surface area contributed by atoms with Crippen LogP contribution in [0.15, 0.2) is 30.3 Å². The lowest BCUT2D eigenvalue weighted by atomic mass is 10.2. The summed E-state index contributed by atoms with van der Waals surface area (Å²) in [6.45, 7) is -0.0320. The van der Waals surface area contributed by atoms with Gasteiger partial charge in [0.25, 0.3) is 0 Å². The van der Waals surface area contributed by atoms with Gasteiger partial charge in [-0.05, 0) is 30.3 Å². The number of anilines is 1. The van der Waals surface area contributed by atoms with Gasteiger partial charge >= 0.3 is 0 Å². The van der Waals surface area contributed by atoms with Crippen molar-refractivity contribution in [1.29, 1.82) is 0 Å². The van der Waals surface area contributed by atoms with Crippen molar-refractivity contribution in [3.63, 3.8) is 0 Å². The summed E-state index contributed by atoms with van der Waals surface area (Å²) in [5.41, 5.74) is 6.32. The first kappa shape index (κ1) is 14.3. The average Bonchev–Trinajstić information content (AvgIpc) is 2.32. The lowest BCUT2D eigenvalue weighted by Gasteiger charge is -2.11. The lowest BCUT2D eigenvalue weighted by Crippen LogP contribution is -2.00. The molecule has 2 N–H and O–H groups in total. The van der Waals surface area contributed by atoms with Crippen LogP contribution in [0.4, 0.5) is 10.1 Å². The minimum Gasteiger partial charge on any atom is -0.486 e. The molecular formula is C13H9Cl3FNO. The molecule has 2 aromatic carbocycles. The minimum atomic E-state index is -0.410. The van der Waals surface area contributed by atoms with Gasteiger partial charge in [0, 0.05) is 16.3 Å². The molecule has 0 radical (unpaired) electrons. The molecule has 0 aliphatic rings. The van der Waals surface area contributed by atoms with Gasteiger partial charge in [-0.2, -0.15) is 0 Å². The summed E-state index contributed by atoms with van der Waals surface area (Å²) in [5.74, 6) is -0.149. The molecule has 0 atom stereocenters. The Morgan fingerprint density at radius 1 is 1.05 bits per heavy atom. The van der Waals surface area contributed by atoms with E-state index in [1.54, 1.807) is 0 Å². The number of nitrogens with two attached hydrogens (primary N) is 1. The topological polar surface area (TPSA) is 35.2 Å². The number of nitrogen functional groups attached to an aromatic ring is 1. The average molecular weight is 321 g/mol. The summed E-state index contributed by atoms with van der Waals surface area (Å²) in [7, 11) is 0. The predicted octanol–water partition coefficient (Wildman–Crippen LogP) is 4.95. The molecular weight excluding hydrogens is 312 g/mol. The van der Waals surface area contributed by atoms with Crippen LogP contribution in [-0.2, 0) is 6.61 Å². The molecule has 0 aliphatic carbocycles. The van der Waals surface area contributed by atoms with Crippen molar-refractivity contribution in [3.8, 4) is 5.75 Å². The van der Waals surface area contributed by atoms with E-state index in [0.29, 0.717) is 16.3 Å². The van der Waals surface area contributed by atoms with E-state index in [-0.39, 0.29) is 22.4 Å². The fourth-order valence-corrected chi connectivity index (χ4v) is 2.33. The molecule has 0 fully saturated rings. The van der Waals surface area contributed by atoms with E-state index < -0.39 is 5.82 Å². The Balaban J connectivity index is 2.21. The van der Waals surface area contributed by atoms with Gasteiger partial charge in [0.05, 0.1) is 10.0 Å². The number of ether oxygens (including phenoxy) is 1. The highest BCUT2D eigenvalue weighted by molar-refractivity contribution is 6.37. The first-order valence-electron chi connectivity index (χ1n) is 5.28.